The van der Waals surface area contributed by atoms with E-state index in [0.717, 1.165) is 11.3 Å². The van der Waals surface area contributed by atoms with Crippen molar-refractivity contribution in [3.05, 3.63) is 54.1 Å². The summed E-state index contributed by atoms with van der Waals surface area (Å²) in [6.45, 7) is 0. The lowest BCUT2D eigenvalue weighted by molar-refractivity contribution is 0.396. The van der Waals surface area contributed by atoms with Crippen molar-refractivity contribution in [3.63, 3.8) is 0 Å². The van der Waals surface area contributed by atoms with Gasteiger partial charge in [0.05, 0.1) is 7.11 Å². The van der Waals surface area contributed by atoms with E-state index in [-0.39, 0.29) is 5.96 Å². The fourth-order valence-corrected chi connectivity index (χ4v) is 2.18. The van der Waals surface area contributed by atoms with Gasteiger partial charge in [0.2, 0.25) is 0 Å². The van der Waals surface area contributed by atoms with Crippen molar-refractivity contribution in [1.82, 2.24) is 0 Å². The van der Waals surface area contributed by atoms with Gasteiger partial charge in [-0.05, 0) is 12.5 Å². The Morgan fingerprint density at radius 2 is 2.06 bits per heavy atom. The zero-order valence-electron chi connectivity index (χ0n) is 10.3. The lowest BCUT2D eigenvalue weighted by atomic mass is 9.84. The van der Waals surface area contributed by atoms with E-state index in [4.69, 9.17) is 16.2 Å². The van der Waals surface area contributed by atoms with Crippen LogP contribution in [0.25, 0.3) is 0 Å². The lowest BCUT2D eigenvalue weighted by Gasteiger charge is -2.29. The van der Waals surface area contributed by atoms with Crippen molar-refractivity contribution in [1.29, 1.82) is 0 Å². The Morgan fingerprint density at radius 3 is 2.67 bits per heavy atom. The van der Waals surface area contributed by atoms with Crippen LogP contribution in [0.1, 0.15) is 12.0 Å². The fourth-order valence-electron chi connectivity index (χ4n) is 2.18. The normalized spacial score (nSPS) is 21.6. The second-order valence-corrected chi connectivity index (χ2v) is 4.15. The standard InChI is InChI=1S/C14H17N3O/c1-18-12-8-4-3-7-11(12)14(17-13(15)16)9-5-2-6-10-14/h2-9H,10H2,1H3,(H4,15,16,17). The maximum absolute atomic E-state index is 5.57. The molecule has 1 aromatic rings. The predicted octanol–water partition coefficient (Wildman–Crippen LogP) is 1.68. The summed E-state index contributed by atoms with van der Waals surface area (Å²) in [5.41, 5.74) is 11.5. The van der Waals surface area contributed by atoms with E-state index in [9.17, 15) is 0 Å². The predicted molar refractivity (Wildman–Crippen MR) is 73.4 cm³/mol. The van der Waals surface area contributed by atoms with E-state index in [0.29, 0.717) is 6.42 Å². The molecule has 1 aliphatic rings. The largest absolute Gasteiger partial charge is 0.496 e. The highest BCUT2D eigenvalue weighted by molar-refractivity contribution is 5.77. The van der Waals surface area contributed by atoms with Crippen LogP contribution in [0.3, 0.4) is 0 Å². The first-order chi connectivity index (χ1) is 8.68. The molecule has 0 aliphatic heterocycles. The summed E-state index contributed by atoms with van der Waals surface area (Å²) in [5, 5.41) is 0. The summed E-state index contributed by atoms with van der Waals surface area (Å²) in [4.78, 5) is 4.40. The van der Waals surface area contributed by atoms with Crippen LogP contribution in [0.4, 0.5) is 0 Å². The van der Waals surface area contributed by atoms with Crippen molar-refractivity contribution in [2.24, 2.45) is 16.5 Å². The molecule has 0 saturated heterocycles. The molecule has 4 heteroatoms. The number of guanidine groups is 1. The van der Waals surface area contributed by atoms with Crippen molar-refractivity contribution < 1.29 is 4.74 Å². The first-order valence-electron chi connectivity index (χ1n) is 5.76. The van der Waals surface area contributed by atoms with Gasteiger partial charge in [-0.15, -0.1) is 0 Å². The van der Waals surface area contributed by atoms with Gasteiger partial charge in [0, 0.05) is 5.56 Å². The van der Waals surface area contributed by atoms with Crippen LogP contribution in [0, 0.1) is 0 Å². The minimum atomic E-state index is -0.569. The molecule has 94 valence electrons. The molecule has 2 rings (SSSR count). The summed E-state index contributed by atoms with van der Waals surface area (Å²) in [7, 11) is 1.64. The minimum absolute atomic E-state index is 0.0702. The first kappa shape index (κ1) is 12.2. The highest BCUT2D eigenvalue weighted by atomic mass is 16.5. The number of hydrogen-bond donors (Lipinski definition) is 2. The molecule has 0 aromatic heterocycles. The van der Waals surface area contributed by atoms with E-state index in [1.54, 1.807) is 7.11 Å². The molecule has 0 saturated carbocycles. The lowest BCUT2D eigenvalue weighted by Crippen LogP contribution is -2.31. The summed E-state index contributed by atoms with van der Waals surface area (Å²) in [6, 6.07) is 7.77. The molecular weight excluding hydrogens is 226 g/mol. The number of ether oxygens (including phenoxy) is 1. The molecule has 4 N–H and O–H groups in total. The average molecular weight is 243 g/mol. The molecule has 18 heavy (non-hydrogen) atoms. The quantitative estimate of drug-likeness (QED) is 0.626. The number of hydrogen-bond acceptors (Lipinski definition) is 2. The molecule has 1 aliphatic carbocycles. The van der Waals surface area contributed by atoms with E-state index in [2.05, 4.69) is 4.99 Å². The molecule has 0 radical (unpaired) electrons. The van der Waals surface area contributed by atoms with Gasteiger partial charge in [-0.25, -0.2) is 4.99 Å². The van der Waals surface area contributed by atoms with Gasteiger partial charge < -0.3 is 16.2 Å². The first-order valence-corrected chi connectivity index (χ1v) is 5.76. The van der Waals surface area contributed by atoms with Gasteiger partial charge in [-0.3, -0.25) is 0 Å². The number of nitrogens with two attached hydrogens (primary N) is 2. The molecule has 0 heterocycles. The van der Waals surface area contributed by atoms with Crippen molar-refractivity contribution >= 4 is 5.96 Å². The van der Waals surface area contributed by atoms with Gasteiger partial charge in [0.25, 0.3) is 0 Å². The van der Waals surface area contributed by atoms with Gasteiger partial charge in [0.1, 0.15) is 11.3 Å². The summed E-state index contributed by atoms with van der Waals surface area (Å²) >= 11 is 0. The molecule has 0 fully saturated rings. The van der Waals surface area contributed by atoms with E-state index >= 15 is 0 Å². The fraction of sp³-hybridized carbons (Fsp3) is 0.214. The Kier molecular flexibility index (Phi) is 3.37. The van der Waals surface area contributed by atoms with Gasteiger partial charge in [-0.1, -0.05) is 42.5 Å². The number of allylic oxidation sites excluding steroid dienone is 2. The molecular formula is C14H17N3O. The second kappa shape index (κ2) is 4.96. The van der Waals surface area contributed by atoms with Crippen molar-refractivity contribution in [3.8, 4) is 5.75 Å². The molecule has 1 atom stereocenters. The third kappa shape index (κ3) is 2.22. The number of methoxy groups -OCH3 is 1. The number of para-hydroxylation sites is 1. The van der Waals surface area contributed by atoms with Gasteiger partial charge >= 0.3 is 0 Å². The van der Waals surface area contributed by atoms with E-state index in [1.165, 1.54) is 0 Å². The zero-order chi connectivity index (χ0) is 13.0. The maximum Gasteiger partial charge on any atom is 0.187 e. The molecule has 0 amide bonds. The highest BCUT2D eigenvalue weighted by Crippen LogP contribution is 2.39. The monoisotopic (exact) mass is 243 g/mol. The van der Waals surface area contributed by atoms with Gasteiger partial charge in [-0.2, -0.15) is 0 Å². The van der Waals surface area contributed by atoms with Crippen molar-refractivity contribution in [2.45, 2.75) is 12.0 Å². The summed E-state index contributed by atoms with van der Waals surface area (Å²) in [6.07, 6.45) is 8.67. The maximum atomic E-state index is 5.57. The second-order valence-electron chi connectivity index (χ2n) is 4.15. The van der Waals surface area contributed by atoms with Crippen LogP contribution in [0.5, 0.6) is 5.75 Å². The minimum Gasteiger partial charge on any atom is -0.496 e. The summed E-state index contributed by atoms with van der Waals surface area (Å²) in [5.74, 6) is 0.850. The number of aliphatic imine (C=N–C) groups is 1. The van der Waals surface area contributed by atoms with Crippen LogP contribution >= 0.6 is 0 Å². The number of benzene rings is 1. The topological polar surface area (TPSA) is 73.6 Å². The Balaban J connectivity index is 2.57. The van der Waals surface area contributed by atoms with Crippen LogP contribution in [0.2, 0.25) is 0 Å². The Hall–Kier alpha value is -2.23. The van der Waals surface area contributed by atoms with Crippen molar-refractivity contribution in [2.75, 3.05) is 7.11 Å². The van der Waals surface area contributed by atoms with Crippen LogP contribution < -0.4 is 16.2 Å². The van der Waals surface area contributed by atoms with Crippen LogP contribution in [-0.4, -0.2) is 13.1 Å². The number of nitrogens with zero attached hydrogens (tertiary/aromatic N) is 1. The average Bonchev–Trinajstić information content (AvgIpc) is 2.39. The molecule has 1 unspecified atom stereocenters. The van der Waals surface area contributed by atoms with Crippen LogP contribution in [0.15, 0.2) is 53.6 Å². The smallest absolute Gasteiger partial charge is 0.187 e. The molecule has 4 nitrogen and oxygen atoms in total. The third-order valence-corrected chi connectivity index (χ3v) is 2.95. The number of rotatable bonds is 3. The SMILES string of the molecule is COc1ccccc1C1(N=C(N)N)C=CC=CC1. The highest BCUT2D eigenvalue weighted by Gasteiger charge is 2.31. The van der Waals surface area contributed by atoms with Gasteiger partial charge in [0.15, 0.2) is 5.96 Å². The van der Waals surface area contributed by atoms with E-state index < -0.39 is 5.54 Å². The van der Waals surface area contributed by atoms with Crippen LogP contribution in [-0.2, 0) is 5.54 Å². The molecule has 0 bridgehead atoms. The summed E-state index contributed by atoms with van der Waals surface area (Å²) < 4.78 is 5.40. The Bertz CT molecular complexity index is 516. The molecule has 1 aromatic carbocycles. The Morgan fingerprint density at radius 1 is 1.28 bits per heavy atom. The molecule has 0 spiro atoms. The van der Waals surface area contributed by atoms with E-state index in [1.807, 2.05) is 48.6 Å². The zero-order valence-corrected chi connectivity index (χ0v) is 10.3. The Labute approximate surface area is 107 Å². The third-order valence-electron chi connectivity index (χ3n) is 2.95.